The van der Waals surface area contributed by atoms with Crippen molar-refractivity contribution in [3.8, 4) is 5.75 Å². The number of nitrogens with one attached hydrogen (secondary N) is 2. The second-order valence-corrected chi connectivity index (χ2v) is 7.22. The molecular formula is C23H32ClN3O3. The van der Waals surface area contributed by atoms with E-state index >= 15 is 0 Å². The first-order chi connectivity index (χ1) is 13.8. The molecule has 0 aliphatic carbocycles. The number of rotatable bonds is 10. The number of ether oxygens (including phenoxy) is 1. The van der Waals surface area contributed by atoms with Gasteiger partial charge in [-0.2, -0.15) is 0 Å². The zero-order chi connectivity index (χ0) is 21.3. The quantitative estimate of drug-likeness (QED) is 0.500. The Balaban J connectivity index is 0.00000450. The normalized spacial score (nSPS) is 13.3. The zero-order valence-electron chi connectivity index (χ0n) is 17.8. The van der Waals surface area contributed by atoms with Crippen molar-refractivity contribution in [2.24, 2.45) is 5.73 Å². The van der Waals surface area contributed by atoms with Crippen LogP contribution in [0, 0.1) is 0 Å². The Kier molecular flexibility index (Phi) is 10.4. The van der Waals surface area contributed by atoms with Crippen LogP contribution in [0.1, 0.15) is 50.8 Å². The van der Waals surface area contributed by atoms with Crippen LogP contribution in [0.4, 0.5) is 0 Å². The van der Waals surface area contributed by atoms with Crippen molar-refractivity contribution in [3.05, 3.63) is 65.7 Å². The number of amides is 2. The SMILES string of the molecule is CCOc1ccc(C(C)NC(=O)CCCNC(=O)C(C)(N)c2ccccc2)cc1.Cl. The van der Waals surface area contributed by atoms with Crippen LogP contribution in [0.15, 0.2) is 54.6 Å². The fourth-order valence-corrected chi connectivity index (χ4v) is 2.97. The van der Waals surface area contributed by atoms with E-state index in [9.17, 15) is 9.59 Å². The fourth-order valence-electron chi connectivity index (χ4n) is 2.97. The molecule has 0 aliphatic heterocycles. The molecule has 0 radical (unpaired) electrons. The van der Waals surface area contributed by atoms with E-state index < -0.39 is 5.54 Å². The minimum absolute atomic E-state index is 0. The molecule has 2 rings (SSSR count). The van der Waals surface area contributed by atoms with Crippen LogP contribution in [0.3, 0.4) is 0 Å². The Morgan fingerprint density at radius 2 is 1.73 bits per heavy atom. The topological polar surface area (TPSA) is 93.5 Å². The van der Waals surface area contributed by atoms with Gasteiger partial charge in [-0.1, -0.05) is 42.5 Å². The van der Waals surface area contributed by atoms with E-state index in [2.05, 4.69) is 10.6 Å². The molecule has 2 unspecified atom stereocenters. The van der Waals surface area contributed by atoms with Crippen LogP contribution < -0.4 is 21.1 Å². The number of hydrogen-bond donors (Lipinski definition) is 3. The van der Waals surface area contributed by atoms with E-state index in [1.54, 1.807) is 6.92 Å². The smallest absolute Gasteiger partial charge is 0.244 e. The number of benzene rings is 2. The van der Waals surface area contributed by atoms with Gasteiger partial charge in [-0.3, -0.25) is 9.59 Å². The van der Waals surface area contributed by atoms with Gasteiger partial charge in [-0.25, -0.2) is 0 Å². The molecule has 6 nitrogen and oxygen atoms in total. The molecule has 2 amide bonds. The third-order valence-corrected chi connectivity index (χ3v) is 4.78. The van der Waals surface area contributed by atoms with Crippen molar-refractivity contribution in [1.82, 2.24) is 10.6 Å². The van der Waals surface area contributed by atoms with Gasteiger partial charge in [0.05, 0.1) is 12.6 Å². The number of halogens is 1. The molecule has 30 heavy (non-hydrogen) atoms. The number of hydrogen-bond acceptors (Lipinski definition) is 4. The molecule has 0 bridgehead atoms. The first kappa shape index (κ1) is 25.5. The molecule has 2 atom stereocenters. The first-order valence-corrected chi connectivity index (χ1v) is 9.99. The highest BCUT2D eigenvalue weighted by atomic mass is 35.5. The van der Waals surface area contributed by atoms with E-state index in [0.29, 0.717) is 26.0 Å². The lowest BCUT2D eigenvalue weighted by Crippen LogP contribution is -2.49. The third-order valence-electron chi connectivity index (χ3n) is 4.78. The lowest BCUT2D eigenvalue weighted by molar-refractivity contribution is -0.126. The summed E-state index contributed by atoms with van der Waals surface area (Å²) in [6.07, 6.45) is 0.868. The molecule has 0 aromatic heterocycles. The van der Waals surface area contributed by atoms with Crippen molar-refractivity contribution in [3.63, 3.8) is 0 Å². The van der Waals surface area contributed by atoms with E-state index in [0.717, 1.165) is 16.9 Å². The second-order valence-electron chi connectivity index (χ2n) is 7.22. The molecule has 7 heteroatoms. The number of carbonyl (C=O) groups excluding carboxylic acids is 2. The standard InChI is InChI=1S/C23H31N3O3.ClH/c1-4-29-20-14-12-18(13-15-20)17(2)26-21(27)11-8-16-25-22(28)23(3,24)19-9-6-5-7-10-19;/h5-7,9-10,12-15,17H,4,8,11,16,24H2,1-3H3,(H,25,28)(H,26,27);1H. The molecule has 4 N–H and O–H groups in total. The van der Waals surface area contributed by atoms with Crippen molar-refractivity contribution in [2.45, 2.75) is 45.2 Å². The first-order valence-electron chi connectivity index (χ1n) is 9.99. The highest BCUT2D eigenvalue weighted by Gasteiger charge is 2.29. The Labute approximate surface area is 185 Å². The lowest BCUT2D eigenvalue weighted by Gasteiger charge is -2.24. The predicted octanol–water partition coefficient (Wildman–Crippen LogP) is 3.45. The molecule has 164 valence electrons. The maximum atomic E-state index is 12.4. The monoisotopic (exact) mass is 433 g/mol. The van der Waals surface area contributed by atoms with E-state index in [1.165, 1.54) is 0 Å². The van der Waals surface area contributed by atoms with Crippen molar-refractivity contribution in [2.75, 3.05) is 13.2 Å². The summed E-state index contributed by atoms with van der Waals surface area (Å²) < 4.78 is 5.43. The van der Waals surface area contributed by atoms with Gasteiger partial charge >= 0.3 is 0 Å². The average Bonchev–Trinajstić information content (AvgIpc) is 2.72. The summed E-state index contributed by atoms with van der Waals surface area (Å²) in [6, 6.07) is 16.8. The van der Waals surface area contributed by atoms with Gasteiger partial charge in [0, 0.05) is 13.0 Å². The fraction of sp³-hybridized carbons (Fsp3) is 0.391. The predicted molar refractivity (Wildman–Crippen MR) is 122 cm³/mol. The lowest BCUT2D eigenvalue weighted by atomic mass is 9.92. The van der Waals surface area contributed by atoms with Crippen LogP contribution in [-0.2, 0) is 15.1 Å². The van der Waals surface area contributed by atoms with Crippen molar-refractivity contribution >= 4 is 24.2 Å². The largest absolute Gasteiger partial charge is 0.494 e. The summed E-state index contributed by atoms with van der Waals surface area (Å²) in [4.78, 5) is 24.6. The third kappa shape index (κ3) is 7.35. The molecule has 2 aromatic rings. The van der Waals surface area contributed by atoms with Gasteiger partial charge in [0.2, 0.25) is 11.8 Å². The van der Waals surface area contributed by atoms with E-state index in [4.69, 9.17) is 10.5 Å². The summed E-state index contributed by atoms with van der Waals surface area (Å²) in [7, 11) is 0. The molecule has 0 heterocycles. The van der Waals surface area contributed by atoms with Crippen LogP contribution in [-0.4, -0.2) is 25.0 Å². The van der Waals surface area contributed by atoms with Gasteiger partial charge in [0.25, 0.3) is 0 Å². The van der Waals surface area contributed by atoms with Gasteiger partial charge in [0.15, 0.2) is 0 Å². The van der Waals surface area contributed by atoms with Crippen LogP contribution in [0.25, 0.3) is 0 Å². The zero-order valence-corrected chi connectivity index (χ0v) is 18.6. The molecule has 0 aliphatic rings. The van der Waals surface area contributed by atoms with Gasteiger partial charge in [-0.15, -0.1) is 12.4 Å². The Morgan fingerprint density at radius 3 is 2.33 bits per heavy atom. The average molecular weight is 434 g/mol. The number of carbonyl (C=O) groups is 2. The molecule has 0 saturated carbocycles. The summed E-state index contributed by atoms with van der Waals surface area (Å²) in [5.41, 5.74) is 6.84. The molecule has 0 spiro atoms. The summed E-state index contributed by atoms with van der Waals surface area (Å²) in [6.45, 7) is 6.58. The molecule has 2 aromatic carbocycles. The maximum Gasteiger partial charge on any atom is 0.244 e. The van der Waals surface area contributed by atoms with E-state index in [1.807, 2.05) is 68.4 Å². The molecule has 0 saturated heterocycles. The Hall–Kier alpha value is -2.57. The highest BCUT2D eigenvalue weighted by Crippen LogP contribution is 2.18. The summed E-state index contributed by atoms with van der Waals surface area (Å²) >= 11 is 0. The van der Waals surface area contributed by atoms with Gasteiger partial charge in [-0.05, 0) is 50.5 Å². The van der Waals surface area contributed by atoms with Gasteiger partial charge < -0.3 is 21.1 Å². The minimum Gasteiger partial charge on any atom is -0.494 e. The summed E-state index contributed by atoms with van der Waals surface area (Å²) in [5.74, 6) is 0.499. The van der Waals surface area contributed by atoms with Crippen molar-refractivity contribution < 1.29 is 14.3 Å². The van der Waals surface area contributed by atoms with Crippen molar-refractivity contribution in [1.29, 1.82) is 0 Å². The Morgan fingerprint density at radius 1 is 1.10 bits per heavy atom. The van der Waals surface area contributed by atoms with Crippen LogP contribution in [0.2, 0.25) is 0 Å². The van der Waals surface area contributed by atoms with Crippen LogP contribution in [0.5, 0.6) is 5.75 Å². The van der Waals surface area contributed by atoms with Crippen LogP contribution >= 0.6 is 12.4 Å². The Bertz CT molecular complexity index is 795. The van der Waals surface area contributed by atoms with Gasteiger partial charge in [0.1, 0.15) is 11.3 Å². The minimum atomic E-state index is -1.11. The molecule has 0 fully saturated rings. The molecular weight excluding hydrogens is 402 g/mol. The number of nitrogens with two attached hydrogens (primary N) is 1. The maximum absolute atomic E-state index is 12.4. The van der Waals surface area contributed by atoms with E-state index in [-0.39, 0.29) is 30.3 Å². The summed E-state index contributed by atoms with van der Waals surface area (Å²) in [5, 5.41) is 5.80. The highest BCUT2D eigenvalue weighted by molar-refractivity contribution is 5.87. The second kappa shape index (κ2) is 12.2.